The fourth-order valence-electron chi connectivity index (χ4n) is 2.19. The topological polar surface area (TPSA) is 91.6 Å². The maximum absolute atomic E-state index is 12.3. The lowest BCUT2D eigenvalue weighted by Crippen LogP contribution is -2.23. The van der Waals surface area contributed by atoms with Crippen molar-refractivity contribution >= 4 is 23.6 Å². The zero-order valence-corrected chi connectivity index (χ0v) is 15.0. The first-order valence-corrected chi connectivity index (χ1v) is 7.95. The highest BCUT2D eigenvalue weighted by Gasteiger charge is 2.13. The molecule has 0 radical (unpaired) electrons. The van der Waals surface area contributed by atoms with Gasteiger partial charge in [0.2, 0.25) is 0 Å². The average molecular weight is 373 g/mol. The zero-order valence-electron chi connectivity index (χ0n) is 14.2. The molecule has 1 amide bonds. The van der Waals surface area contributed by atoms with Crippen molar-refractivity contribution in [3.05, 3.63) is 58.1 Å². The van der Waals surface area contributed by atoms with E-state index in [0.717, 1.165) is 5.56 Å². The van der Waals surface area contributed by atoms with Crippen LogP contribution >= 0.6 is 11.6 Å². The van der Waals surface area contributed by atoms with Crippen molar-refractivity contribution in [1.29, 1.82) is 5.26 Å². The number of halogens is 1. The number of carbonyl (C=O) groups is 1. The Balaban J connectivity index is 2.17. The third-order valence-electron chi connectivity index (χ3n) is 3.57. The van der Waals surface area contributed by atoms with Gasteiger partial charge in [-0.15, -0.1) is 0 Å². The summed E-state index contributed by atoms with van der Waals surface area (Å²) in [6, 6.07) is 11.9. The number of rotatable bonds is 6. The Morgan fingerprint density at radius 1 is 1.27 bits per heavy atom. The van der Waals surface area contributed by atoms with Gasteiger partial charge in [0, 0.05) is 23.2 Å². The largest absolute Gasteiger partial charge is 0.504 e. The van der Waals surface area contributed by atoms with E-state index in [2.05, 4.69) is 5.32 Å². The highest BCUT2D eigenvalue weighted by atomic mass is 35.5. The molecule has 0 unspecified atom stereocenters. The highest BCUT2D eigenvalue weighted by Crippen LogP contribution is 2.34. The molecule has 0 saturated heterocycles. The van der Waals surface area contributed by atoms with Crippen LogP contribution in [0.4, 0.5) is 0 Å². The van der Waals surface area contributed by atoms with E-state index in [0.29, 0.717) is 10.8 Å². The Morgan fingerprint density at radius 2 is 1.96 bits per heavy atom. The molecule has 7 heteroatoms. The molecule has 134 valence electrons. The summed E-state index contributed by atoms with van der Waals surface area (Å²) in [5.41, 5.74) is 0.896. The van der Waals surface area contributed by atoms with Gasteiger partial charge in [-0.2, -0.15) is 5.26 Å². The van der Waals surface area contributed by atoms with Gasteiger partial charge in [-0.25, -0.2) is 0 Å². The maximum Gasteiger partial charge on any atom is 0.262 e. The van der Waals surface area contributed by atoms with E-state index in [4.69, 9.17) is 21.1 Å². The van der Waals surface area contributed by atoms with Crippen LogP contribution in [0.1, 0.15) is 11.1 Å². The molecule has 0 heterocycles. The van der Waals surface area contributed by atoms with Crippen LogP contribution in [0, 0.1) is 11.3 Å². The lowest BCUT2D eigenvalue weighted by Gasteiger charge is -2.08. The minimum Gasteiger partial charge on any atom is -0.504 e. The van der Waals surface area contributed by atoms with Gasteiger partial charge in [0.25, 0.3) is 5.91 Å². The van der Waals surface area contributed by atoms with E-state index < -0.39 is 5.91 Å². The Kier molecular flexibility index (Phi) is 6.48. The number of nitriles is 1. The summed E-state index contributed by atoms with van der Waals surface area (Å²) in [5, 5.41) is 22.3. The molecule has 0 aromatic heterocycles. The molecule has 0 spiro atoms. The highest BCUT2D eigenvalue weighted by molar-refractivity contribution is 6.31. The molecule has 2 aromatic carbocycles. The van der Waals surface area contributed by atoms with Crippen molar-refractivity contribution in [2.45, 2.75) is 6.54 Å². The van der Waals surface area contributed by atoms with Crippen LogP contribution in [0.3, 0.4) is 0 Å². The van der Waals surface area contributed by atoms with Gasteiger partial charge in [0.05, 0.1) is 14.2 Å². The number of hydrogen-bond acceptors (Lipinski definition) is 5. The lowest BCUT2D eigenvalue weighted by molar-refractivity contribution is -0.117. The van der Waals surface area contributed by atoms with Crippen LogP contribution in [-0.4, -0.2) is 25.2 Å². The van der Waals surface area contributed by atoms with Crippen LogP contribution in [0.25, 0.3) is 6.08 Å². The van der Waals surface area contributed by atoms with Gasteiger partial charge < -0.3 is 19.9 Å². The van der Waals surface area contributed by atoms with Crippen LogP contribution < -0.4 is 14.8 Å². The SMILES string of the molecule is COc1ccc(CNC(=O)/C(C#N)=C\c2cc(Cl)cc(OC)c2O)cc1. The van der Waals surface area contributed by atoms with Crippen LogP contribution in [0.5, 0.6) is 17.2 Å². The molecule has 0 atom stereocenters. The molecular weight excluding hydrogens is 356 g/mol. The number of methoxy groups -OCH3 is 2. The van der Waals surface area contributed by atoms with E-state index in [1.165, 1.54) is 25.3 Å². The first-order chi connectivity index (χ1) is 12.5. The summed E-state index contributed by atoms with van der Waals surface area (Å²) in [5.74, 6) is 0.0945. The minimum absolute atomic E-state index is 0.152. The van der Waals surface area contributed by atoms with Gasteiger partial charge >= 0.3 is 0 Å². The molecule has 2 N–H and O–H groups in total. The smallest absolute Gasteiger partial charge is 0.262 e. The maximum atomic E-state index is 12.3. The Labute approximate surface area is 156 Å². The number of nitrogens with zero attached hydrogens (tertiary/aromatic N) is 1. The van der Waals surface area contributed by atoms with E-state index in [9.17, 15) is 15.2 Å². The molecule has 0 fully saturated rings. The molecule has 0 aliphatic carbocycles. The van der Waals surface area contributed by atoms with Gasteiger partial charge in [-0.1, -0.05) is 23.7 Å². The van der Waals surface area contributed by atoms with Crippen molar-refractivity contribution in [2.75, 3.05) is 14.2 Å². The number of phenols is 1. The number of hydrogen-bond donors (Lipinski definition) is 2. The van der Waals surface area contributed by atoms with Gasteiger partial charge in [0.1, 0.15) is 17.4 Å². The van der Waals surface area contributed by atoms with E-state index in [1.807, 2.05) is 18.2 Å². The summed E-state index contributed by atoms with van der Waals surface area (Å²) in [6.07, 6.45) is 1.26. The zero-order chi connectivity index (χ0) is 19.1. The Morgan fingerprint density at radius 3 is 2.54 bits per heavy atom. The van der Waals surface area contributed by atoms with E-state index >= 15 is 0 Å². The summed E-state index contributed by atoms with van der Waals surface area (Å²) in [4.78, 5) is 12.3. The predicted octanol–water partition coefficient (Wildman–Crippen LogP) is 3.29. The van der Waals surface area contributed by atoms with Crippen molar-refractivity contribution in [2.24, 2.45) is 0 Å². The molecule has 2 rings (SSSR count). The molecule has 26 heavy (non-hydrogen) atoms. The molecule has 2 aromatic rings. The van der Waals surface area contributed by atoms with Gasteiger partial charge in [0.15, 0.2) is 11.5 Å². The minimum atomic E-state index is -0.568. The fraction of sp³-hybridized carbons (Fsp3) is 0.158. The molecule has 0 aliphatic heterocycles. The monoisotopic (exact) mass is 372 g/mol. The summed E-state index contributed by atoms with van der Waals surface area (Å²) >= 11 is 5.96. The number of aromatic hydroxyl groups is 1. The van der Waals surface area contributed by atoms with Crippen LogP contribution in [-0.2, 0) is 11.3 Å². The van der Waals surface area contributed by atoms with E-state index in [-0.39, 0.29) is 29.2 Å². The summed E-state index contributed by atoms with van der Waals surface area (Å²) in [7, 11) is 2.95. The Bertz CT molecular complexity index is 870. The quantitative estimate of drug-likeness (QED) is 0.599. The van der Waals surface area contributed by atoms with Gasteiger partial charge in [-0.3, -0.25) is 4.79 Å². The molecule has 0 aliphatic rings. The third kappa shape index (κ3) is 4.68. The second kappa shape index (κ2) is 8.79. The summed E-state index contributed by atoms with van der Waals surface area (Å²) in [6.45, 7) is 0.243. The molecule has 0 bridgehead atoms. The number of carbonyl (C=O) groups excluding carboxylic acids is 1. The van der Waals surface area contributed by atoms with Crippen molar-refractivity contribution < 1.29 is 19.4 Å². The fourth-order valence-corrected chi connectivity index (χ4v) is 2.40. The van der Waals surface area contributed by atoms with Crippen molar-refractivity contribution in [3.63, 3.8) is 0 Å². The normalized spacial score (nSPS) is 10.8. The first kappa shape index (κ1) is 19.2. The number of benzene rings is 2. The molecular formula is C19H17ClN2O4. The van der Waals surface area contributed by atoms with Crippen molar-refractivity contribution in [1.82, 2.24) is 5.32 Å². The number of phenolic OH excluding ortho intramolecular Hbond substituents is 1. The standard InChI is InChI=1S/C19H17ClN2O4/c1-25-16-5-3-12(4-6-16)11-22-19(24)14(10-21)7-13-8-15(20)9-17(26-2)18(13)23/h3-9,23H,11H2,1-2H3,(H,22,24)/b14-7-. The van der Waals surface area contributed by atoms with Crippen molar-refractivity contribution in [3.8, 4) is 23.3 Å². The second-order valence-electron chi connectivity index (χ2n) is 5.25. The van der Waals surface area contributed by atoms with E-state index in [1.54, 1.807) is 19.2 Å². The average Bonchev–Trinajstić information content (AvgIpc) is 2.66. The van der Waals surface area contributed by atoms with Gasteiger partial charge in [-0.05, 0) is 29.8 Å². The number of ether oxygens (including phenoxy) is 2. The first-order valence-electron chi connectivity index (χ1n) is 7.58. The lowest BCUT2D eigenvalue weighted by atomic mass is 10.1. The number of amides is 1. The van der Waals surface area contributed by atoms with Crippen LogP contribution in [0.15, 0.2) is 42.0 Å². The predicted molar refractivity (Wildman–Crippen MR) is 98.1 cm³/mol. The Hall–Kier alpha value is -3.17. The molecule has 0 saturated carbocycles. The third-order valence-corrected chi connectivity index (χ3v) is 3.78. The second-order valence-corrected chi connectivity index (χ2v) is 5.68. The van der Waals surface area contributed by atoms with Crippen LogP contribution in [0.2, 0.25) is 5.02 Å². The number of nitrogens with one attached hydrogen (secondary N) is 1. The summed E-state index contributed by atoms with van der Waals surface area (Å²) < 4.78 is 10.1. The molecule has 6 nitrogen and oxygen atoms in total.